The number of aliphatic hydroxyl groups excluding tert-OH is 1. The van der Waals surface area contributed by atoms with Crippen LogP contribution in [-0.2, 0) is 17.6 Å². The molecule has 1 aliphatic rings. The second-order valence-electron chi connectivity index (χ2n) is 7.25. The molecule has 0 aliphatic heterocycles. The summed E-state index contributed by atoms with van der Waals surface area (Å²) in [5.74, 6) is 1.68. The Morgan fingerprint density at radius 2 is 1.89 bits per heavy atom. The maximum absolute atomic E-state index is 10.3. The van der Waals surface area contributed by atoms with Crippen LogP contribution in [0.2, 0.25) is 0 Å². The lowest BCUT2D eigenvalue weighted by Crippen LogP contribution is -2.39. The second-order valence-corrected chi connectivity index (χ2v) is 7.25. The first kappa shape index (κ1) is 20.6. The molecule has 0 aromatic heterocycles. The van der Waals surface area contributed by atoms with Crippen LogP contribution in [0.1, 0.15) is 24.0 Å². The van der Waals surface area contributed by atoms with Gasteiger partial charge in [0.05, 0.1) is 6.61 Å². The van der Waals surface area contributed by atoms with E-state index in [1.54, 1.807) is 7.11 Å². The number of hydrogen-bond donors (Lipinski definition) is 2. The van der Waals surface area contributed by atoms with Gasteiger partial charge in [-0.3, -0.25) is 0 Å². The highest BCUT2D eigenvalue weighted by atomic mass is 16.5. The largest absolute Gasteiger partial charge is 0.491 e. The van der Waals surface area contributed by atoms with E-state index in [1.807, 2.05) is 36.4 Å². The second kappa shape index (κ2) is 11.1. The Labute approximate surface area is 167 Å². The van der Waals surface area contributed by atoms with Gasteiger partial charge in [-0.05, 0) is 61.1 Å². The van der Waals surface area contributed by atoms with Crippen LogP contribution < -0.4 is 14.8 Å². The van der Waals surface area contributed by atoms with Crippen molar-refractivity contribution in [3.05, 3.63) is 59.7 Å². The molecule has 2 aromatic rings. The number of aliphatic hydroxyl groups is 1. The molecule has 0 fully saturated rings. The van der Waals surface area contributed by atoms with Gasteiger partial charge >= 0.3 is 0 Å². The molecule has 3 rings (SSSR count). The summed E-state index contributed by atoms with van der Waals surface area (Å²) in [4.78, 5) is 0. The minimum atomic E-state index is -0.536. The Morgan fingerprint density at radius 3 is 2.71 bits per heavy atom. The monoisotopic (exact) mass is 385 g/mol. The standard InChI is InChI=1S/C23H31NO4/c1-26-12-13-27-23-11-10-18-6-5-7-20(14-19(18)15-23)24-16-21(25)17-28-22-8-3-2-4-9-22/h2-4,8-11,15,20-21,24-25H,5-7,12-14,16-17H2,1H3/t20?,21-/m0/s1. The Balaban J connectivity index is 1.48. The smallest absolute Gasteiger partial charge is 0.119 e. The van der Waals surface area contributed by atoms with Crippen molar-refractivity contribution < 1.29 is 19.3 Å². The molecule has 0 bridgehead atoms. The molecule has 1 aliphatic carbocycles. The van der Waals surface area contributed by atoms with Crippen molar-refractivity contribution in [2.75, 3.05) is 33.5 Å². The molecular weight excluding hydrogens is 354 g/mol. The van der Waals surface area contributed by atoms with E-state index in [2.05, 4.69) is 17.4 Å². The molecule has 0 radical (unpaired) electrons. The molecule has 5 heteroatoms. The van der Waals surface area contributed by atoms with E-state index in [0.717, 1.165) is 37.2 Å². The Hall–Kier alpha value is -2.08. The lowest BCUT2D eigenvalue weighted by molar-refractivity contribution is 0.103. The molecule has 152 valence electrons. The first-order valence-corrected chi connectivity index (χ1v) is 10.1. The van der Waals surface area contributed by atoms with Gasteiger partial charge < -0.3 is 24.6 Å². The van der Waals surface area contributed by atoms with Gasteiger partial charge in [0, 0.05) is 19.7 Å². The molecule has 2 atom stereocenters. The van der Waals surface area contributed by atoms with Crippen LogP contribution in [0.25, 0.3) is 0 Å². The first-order valence-electron chi connectivity index (χ1n) is 10.1. The fraction of sp³-hybridized carbons (Fsp3) is 0.478. The SMILES string of the molecule is COCCOc1ccc2c(c1)CC(NC[C@H](O)COc1ccccc1)CCC2. The van der Waals surface area contributed by atoms with Crippen molar-refractivity contribution in [1.29, 1.82) is 0 Å². The summed E-state index contributed by atoms with van der Waals surface area (Å²) < 4.78 is 16.4. The molecule has 0 saturated heterocycles. The normalized spacial score (nSPS) is 17.4. The number of benzene rings is 2. The van der Waals surface area contributed by atoms with E-state index >= 15 is 0 Å². The average Bonchev–Trinajstić information content (AvgIpc) is 2.93. The summed E-state index contributed by atoms with van der Waals surface area (Å²) >= 11 is 0. The van der Waals surface area contributed by atoms with Gasteiger partial charge in [-0.2, -0.15) is 0 Å². The number of methoxy groups -OCH3 is 1. The molecule has 0 saturated carbocycles. The number of aryl methyl sites for hydroxylation is 1. The number of hydrogen-bond acceptors (Lipinski definition) is 5. The molecular formula is C23H31NO4. The van der Waals surface area contributed by atoms with E-state index in [1.165, 1.54) is 11.1 Å². The topological polar surface area (TPSA) is 60.0 Å². The third-order valence-electron chi connectivity index (χ3n) is 5.03. The summed E-state index contributed by atoms with van der Waals surface area (Å²) in [7, 11) is 1.68. The first-order chi connectivity index (χ1) is 13.7. The molecule has 1 unspecified atom stereocenters. The Morgan fingerprint density at radius 1 is 1.04 bits per heavy atom. The highest BCUT2D eigenvalue weighted by Crippen LogP contribution is 2.25. The highest BCUT2D eigenvalue weighted by molar-refractivity contribution is 5.37. The van der Waals surface area contributed by atoms with Gasteiger partial charge in [-0.15, -0.1) is 0 Å². The van der Waals surface area contributed by atoms with Gasteiger partial charge in [0.25, 0.3) is 0 Å². The maximum Gasteiger partial charge on any atom is 0.119 e. The van der Waals surface area contributed by atoms with Crippen LogP contribution in [0, 0.1) is 0 Å². The summed E-state index contributed by atoms with van der Waals surface area (Å²) in [5.41, 5.74) is 2.73. The van der Waals surface area contributed by atoms with Crippen LogP contribution in [0.4, 0.5) is 0 Å². The summed E-state index contributed by atoms with van der Waals surface area (Å²) in [5, 5.41) is 13.8. The maximum atomic E-state index is 10.3. The van der Waals surface area contributed by atoms with Crippen LogP contribution in [0.5, 0.6) is 11.5 Å². The molecule has 0 spiro atoms. The number of para-hydroxylation sites is 1. The third kappa shape index (κ3) is 6.51. The lowest BCUT2D eigenvalue weighted by atomic mass is 10.0. The predicted octanol–water partition coefficient (Wildman–Crippen LogP) is 2.99. The van der Waals surface area contributed by atoms with Gasteiger partial charge in [0.2, 0.25) is 0 Å². The van der Waals surface area contributed by atoms with Crippen LogP contribution >= 0.6 is 0 Å². The molecule has 0 heterocycles. The van der Waals surface area contributed by atoms with Gasteiger partial charge in [0.1, 0.15) is 30.8 Å². The predicted molar refractivity (Wildman–Crippen MR) is 110 cm³/mol. The van der Waals surface area contributed by atoms with E-state index in [4.69, 9.17) is 14.2 Å². The minimum Gasteiger partial charge on any atom is -0.491 e. The third-order valence-corrected chi connectivity index (χ3v) is 5.03. The van der Waals surface area contributed by atoms with Crippen molar-refractivity contribution in [2.45, 2.75) is 37.8 Å². The highest BCUT2D eigenvalue weighted by Gasteiger charge is 2.18. The molecule has 5 nitrogen and oxygen atoms in total. The van der Waals surface area contributed by atoms with Gasteiger partial charge in [-0.25, -0.2) is 0 Å². The fourth-order valence-electron chi connectivity index (χ4n) is 3.52. The zero-order valence-corrected chi connectivity index (χ0v) is 16.6. The molecule has 2 N–H and O–H groups in total. The van der Waals surface area contributed by atoms with Crippen molar-refractivity contribution in [3.63, 3.8) is 0 Å². The summed E-state index contributed by atoms with van der Waals surface area (Å²) in [6.45, 7) is 1.96. The van der Waals surface area contributed by atoms with E-state index in [0.29, 0.717) is 25.8 Å². The summed E-state index contributed by atoms with van der Waals surface area (Å²) in [6.07, 6.45) is 3.74. The van der Waals surface area contributed by atoms with Gasteiger partial charge in [-0.1, -0.05) is 24.3 Å². The number of nitrogens with one attached hydrogen (secondary N) is 1. The Bertz CT molecular complexity index is 707. The van der Waals surface area contributed by atoms with Crippen LogP contribution in [0.15, 0.2) is 48.5 Å². The van der Waals surface area contributed by atoms with Crippen molar-refractivity contribution in [1.82, 2.24) is 5.32 Å². The fourth-order valence-corrected chi connectivity index (χ4v) is 3.52. The van der Waals surface area contributed by atoms with Crippen molar-refractivity contribution in [3.8, 4) is 11.5 Å². The quantitative estimate of drug-likeness (QED) is 0.486. The van der Waals surface area contributed by atoms with Crippen LogP contribution in [0.3, 0.4) is 0 Å². The zero-order valence-electron chi connectivity index (χ0n) is 16.6. The number of ether oxygens (including phenoxy) is 3. The van der Waals surface area contributed by atoms with Gasteiger partial charge in [0.15, 0.2) is 0 Å². The van der Waals surface area contributed by atoms with Crippen molar-refractivity contribution >= 4 is 0 Å². The number of rotatable bonds is 10. The lowest BCUT2D eigenvalue weighted by Gasteiger charge is -2.20. The van der Waals surface area contributed by atoms with E-state index in [-0.39, 0.29) is 6.61 Å². The average molecular weight is 386 g/mol. The Kier molecular flexibility index (Phi) is 8.15. The van der Waals surface area contributed by atoms with E-state index < -0.39 is 6.10 Å². The zero-order chi connectivity index (χ0) is 19.6. The van der Waals surface area contributed by atoms with Crippen molar-refractivity contribution in [2.24, 2.45) is 0 Å². The molecule has 2 aromatic carbocycles. The van der Waals surface area contributed by atoms with E-state index in [9.17, 15) is 5.11 Å². The summed E-state index contributed by atoms with van der Waals surface area (Å²) in [6, 6.07) is 16.3. The number of fused-ring (bicyclic) bond motifs is 1. The molecule has 0 amide bonds. The van der Waals surface area contributed by atoms with Crippen LogP contribution in [-0.4, -0.2) is 50.7 Å². The minimum absolute atomic E-state index is 0.289. The molecule has 28 heavy (non-hydrogen) atoms.